The van der Waals surface area contributed by atoms with Crippen LogP contribution in [0.5, 0.6) is 0 Å². The number of nitriles is 1. The Morgan fingerprint density at radius 3 is 2.45 bits per heavy atom. The van der Waals surface area contributed by atoms with E-state index < -0.39 is 12.1 Å². The maximum absolute atomic E-state index is 14.0. The summed E-state index contributed by atoms with van der Waals surface area (Å²) in [4.78, 5) is 18.2. The molecule has 0 saturated carbocycles. The molecule has 5 nitrogen and oxygen atoms in total. The zero-order valence-electron chi connectivity index (χ0n) is 15.4. The average Bonchev–Trinajstić information content (AvgIpc) is 2.75. The smallest absolute Gasteiger partial charge is 0.273 e. The fourth-order valence-corrected chi connectivity index (χ4v) is 3.89. The predicted octanol–water partition coefficient (Wildman–Crippen LogP) is 3.38. The van der Waals surface area contributed by atoms with Crippen molar-refractivity contribution in [2.24, 2.45) is 0 Å². The number of rotatable bonds is 4. The summed E-state index contributed by atoms with van der Waals surface area (Å²) in [6.07, 6.45) is 1.52. The van der Waals surface area contributed by atoms with Crippen LogP contribution in [0.3, 0.4) is 0 Å². The summed E-state index contributed by atoms with van der Waals surface area (Å²) in [7, 11) is 0. The lowest BCUT2D eigenvalue weighted by molar-refractivity contribution is -0.00629. The largest absolute Gasteiger partial charge is 0.394 e. The van der Waals surface area contributed by atoms with Gasteiger partial charge in [-0.15, -0.1) is 0 Å². The Labute approximate surface area is 167 Å². The number of pyridine rings is 1. The van der Waals surface area contributed by atoms with E-state index in [-0.39, 0.29) is 29.9 Å². The first kappa shape index (κ1) is 18.8. The van der Waals surface area contributed by atoms with Crippen LogP contribution in [0, 0.1) is 17.1 Å². The number of aromatic nitrogens is 1. The van der Waals surface area contributed by atoms with Crippen LogP contribution in [0.25, 0.3) is 11.1 Å². The summed E-state index contributed by atoms with van der Waals surface area (Å²) < 4.78 is 14.0. The summed E-state index contributed by atoms with van der Waals surface area (Å²) >= 11 is 0. The van der Waals surface area contributed by atoms with Crippen molar-refractivity contribution in [2.45, 2.75) is 18.0 Å². The summed E-state index contributed by atoms with van der Waals surface area (Å²) in [5.41, 5.74) is 2.28. The molecule has 1 aliphatic heterocycles. The Hall–Kier alpha value is -3.56. The molecular formula is C23H18FN3O2. The molecule has 1 aromatic heterocycles. The zero-order chi connectivity index (χ0) is 20.4. The highest BCUT2D eigenvalue weighted by Crippen LogP contribution is 2.41. The molecule has 1 amide bonds. The second-order valence-electron chi connectivity index (χ2n) is 6.88. The molecule has 2 heterocycles. The molecule has 2 aromatic carbocycles. The summed E-state index contributed by atoms with van der Waals surface area (Å²) in [5, 5.41) is 19.6. The summed E-state index contributed by atoms with van der Waals surface area (Å²) in [6, 6.07) is 19.7. The standard InChI is InChI=1S/C23H18FN3O2/c24-18-6-2-1-5-17(18)15-8-10-16(11-9-15)22-20(13-25)27(21(22)14-28)23(29)19-7-3-4-12-26-19/h1-12,20-22,28H,14H2/t20-,21+,22+/m1/s1. The first-order valence-corrected chi connectivity index (χ1v) is 9.24. The SMILES string of the molecule is N#C[C@@H]1[C@H](c2ccc(-c3ccccc3F)cc2)[C@H](CO)N1C(=O)c1ccccn1. The molecule has 3 aromatic rings. The van der Waals surface area contributed by atoms with E-state index in [0.717, 1.165) is 11.1 Å². The predicted molar refractivity (Wildman–Crippen MR) is 105 cm³/mol. The number of aliphatic hydroxyl groups is 1. The van der Waals surface area contributed by atoms with Crippen LogP contribution < -0.4 is 0 Å². The molecule has 0 spiro atoms. The van der Waals surface area contributed by atoms with E-state index in [1.54, 1.807) is 48.5 Å². The molecule has 1 saturated heterocycles. The number of nitrogens with zero attached hydrogens (tertiary/aromatic N) is 3. The molecule has 1 fully saturated rings. The number of amides is 1. The monoisotopic (exact) mass is 387 g/mol. The maximum atomic E-state index is 14.0. The van der Waals surface area contributed by atoms with Crippen LogP contribution in [0.2, 0.25) is 0 Å². The number of likely N-dealkylation sites (tertiary alicyclic amines) is 1. The zero-order valence-corrected chi connectivity index (χ0v) is 15.4. The average molecular weight is 387 g/mol. The van der Waals surface area contributed by atoms with Gasteiger partial charge in [0.1, 0.15) is 17.6 Å². The van der Waals surface area contributed by atoms with Crippen molar-refractivity contribution in [1.29, 1.82) is 5.26 Å². The minimum atomic E-state index is -0.707. The third-order valence-corrected chi connectivity index (χ3v) is 5.33. The Morgan fingerprint density at radius 1 is 1.10 bits per heavy atom. The van der Waals surface area contributed by atoms with E-state index in [2.05, 4.69) is 11.1 Å². The first-order valence-electron chi connectivity index (χ1n) is 9.24. The van der Waals surface area contributed by atoms with Gasteiger partial charge in [-0.1, -0.05) is 48.5 Å². The fourth-order valence-electron chi connectivity index (χ4n) is 3.89. The third-order valence-electron chi connectivity index (χ3n) is 5.33. The molecule has 1 N–H and O–H groups in total. The van der Waals surface area contributed by atoms with Gasteiger partial charge in [0.05, 0.1) is 18.7 Å². The summed E-state index contributed by atoms with van der Waals surface area (Å²) in [5.74, 6) is -1.01. The minimum absolute atomic E-state index is 0.236. The molecule has 144 valence electrons. The molecule has 29 heavy (non-hydrogen) atoms. The third kappa shape index (κ3) is 3.26. The highest BCUT2D eigenvalue weighted by molar-refractivity contribution is 5.94. The van der Waals surface area contributed by atoms with E-state index in [4.69, 9.17) is 0 Å². The van der Waals surface area contributed by atoms with Crippen LogP contribution >= 0.6 is 0 Å². The van der Waals surface area contributed by atoms with Crippen molar-refractivity contribution >= 4 is 5.91 Å². The van der Waals surface area contributed by atoms with Crippen molar-refractivity contribution < 1.29 is 14.3 Å². The molecule has 0 unspecified atom stereocenters. The van der Waals surface area contributed by atoms with Gasteiger partial charge < -0.3 is 10.0 Å². The molecule has 3 atom stereocenters. The van der Waals surface area contributed by atoms with Crippen LogP contribution in [0.4, 0.5) is 4.39 Å². The number of benzene rings is 2. The van der Waals surface area contributed by atoms with Gasteiger partial charge in [-0.05, 0) is 29.3 Å². The van der Waals surface area contributed by atoms with Gasteiger partial charge in [-0.2, -0.15) is 5.26 Å². The Kier molecular flexibility index (Phi) is 5.07. The maximum Gasteiger partial charge on any atom is 0.273 e. The van der Waals surface area contributed by atoms with Gasteiger partial charge in [0.2, 0.25) is 0 Å². The van der Waals surface area contributed by atoms with E-state index in [1.807, 2.05) is 12.1 Å². The first-order chi connectivity index (χ1) is 14.2. The van der Waals surface area contributed by atoms with Gasteiger partial charge in [-0.3, -0.25) is 9.78 Å². The van der Waals surface area contributed by atoms with Gasteiger partial charge in [0, 0.05) is 17.7 Å². The molecule has 4 rings (SSSR count). The quantitative estimate of drug-likeness (QED) is 0.745. The van der Waals surface area contributed by atoms with Gasteiger partial charge in [0.25, 0.3) is 5.91 Å². The van der Waals surface area contributed by atoms with E-state index >= 15 is 0 Å². The minimum Gasteiger partial charge on any atom is -0.394 e. The molecule has 6 heteroatoms. The number of carbonyl (C=O) groups is 1. The topological polar surface area (TPSA) is 77.2 Å². The molecule has 0 aliphatic carbocycles. The Bertz CT molecular complexity index is 1060. The molecule has 1 aliphatic rings. The number of hydrogen-bond donors (Lipinski definition) is 1. The molecule has 0 radical (unpaired) electrons. The lowest BCUT2D eigenvalue weighted by atomic mass is 9.75. The van der Waals surface area contributed by atoms with Gasteiger partial charge in [0.15, 0.2) is 0 Å². The Balaban J connectivity index is 1.61. The van der Waals surface area contributed by atoms with Crippen LogP contribution in [-0.2, 0) is 0 Å². The second kappa shape index (κ2) is 7.82. The van der Waals surface area contributed by atoms with Crippen molar-refractivity contribution in [3.63, 3.8) is 0 Å². The van der Waals surface area contributed by atoms with E-state index in [0.29, 0.717) is 5.56 Å². The van der Waals surface area contributed by atoms with E-state index in [9.17, 15) is 19.6 Å². The molecular weight excluding hydrogens is 369 g/mol. The summed E-state index contributed by atoms with van der Waals surface area (Å²) in [6.45, 7) is -0.267. The van der Waals surface area contributed by atoms with Gasteiger partial charge in [-0.25, -0.2) is 4.39 Å². The van der Waals surface area contributed by atoms with Crippen molar-refractivity contribution in [3.05, 3.63) is 90.0 Å². The lowest BCUT2D eigenvalue weighted by Gasteiger charge is -2.51. The van der Waals surface area contributed by atoms with Crippen LogP contribution in [0.15, 0.2) is 72.9 Å². The number of carbonyl (C=O) groups excluding carboxylic acids is 1. The van der Waals surface area contributed by atoms with Crippen molar-refractivity contribution in [3.8, 4) is 17.2 Å². The number of aliphatic hydroxyl groups excluding tert-OH is 1. The highest BCUT2D eigenvalue weighted by atomic mass is 19.1. The Morgan fingerprint density at radius 2 is 1.83 bits per heavy atom. The van der Waals surface area contributed by atoms with Crippen LogP contribution in [-0.4, -0.2) is 39.6 Å². The molecule has 0 bridgehead atoms. The van der Waals surface area contributed by atoms with Crippen LogP contribution in [0.1, 0.15) is 22.0 Å². The lowest BCUT2D eigenvalue weighted by Crippen LogP contribution is -2.65. The second-order valence-corrected chi connectivity index (χ2v) is 6.88. The highest BCUT2D eigenvalue weighted by Gasteiger charge is 2.52. The fraction of sp³-hybridized carbons (Fsp3) is 0.174. The van der Waals surface area contributed by atoms with Gasteiger partial charge >= 0.3 is 0 Å². The van der Waals surface area contributed by atoms with E-state index in [1.165, 1.54) is 17.2 Å². The van der Waals surface area contributed by atoms with Crippen molar-refractivity contribution in [1.82, 2.24) is 9.88 Å². The number of hydrogen-bond acceptors (Lipinski definition) is 4. The normalized spacial score (nSPS) is 20.6. The number of halogens is 1. The van der Waals surface area contributed by atoms with Crippen molar-refractivity contribution in [2.75, 3.05) is 6.61 Å².